The summed E-state index contributed by atoms with van der Waals surface area (Å²) in [7, 11) is 1.54. The van der Waals surface area contributed by atoms with Crippen molar-refractivity contribution in [3.05, 3.63) is 78.6 Å². The number of carbonyl (C=O) groups is 2. The van der Waals surface area contributed by atoms with Gasteiger partial charge in [-0.3, -0.25) is 14.6 Å². The van der Waals surface area contributed by atoms with Gasteiger partial charge in [-0.25, -0.2) is 0 Å². The third kappa shape index (κ3) is 5.07. The monoisotopic (exact) mass is 377 g/mol. The Balaban J connectivity index is 1.58. The summed E-state index contributed by atoms with van der Waals surface area (Å²) in [6.45, 7) is -0.174. The Bertz CT molecular complexity index is 961. The summed E-state index contributed by atoms with van der Waals surface area (Å²) in [5.74, 6) is 0.422. The van der Waals surface area contributed by atoms with Crippen LogP contribution < -0.4 is 20.1 Å². The van der Waals surface area contributed by atoms with Gasteiger partial charge >= 0.3 is 0 Å². The lowest BCUT2D eigenvalue weighted by Crippen LogP contribution is -2.20. The van der Waals surface area contributed by atoms with Gasteiger partial charge < -0.3 is 20.1 Å². The molecule has 28 heavy (non-hydrogen) atoms. The first kappa shape index (κ1) is 18.9. The molecule has 0 aliphatic heterocycles. The smallest absolute Gasteiger partial charge is 0.262 e. The minimum absolute atomic E-state index is 0.174. The highest BCUT2D eigenvalue weighted by atomic mass is 16.5. The average molecular weight is 377 g/mol. The second-order valence-corrected chi connectivity index (χ2v) is 5.76. The van der Waals surface area contributed by atoms with E-state index in [2.05, 4.69) is 15.6 Å². The number of para-hydroxylation sites is 2. The van der Waals surface area contributed by atoms with E-state index in [0.717, 1.165) is 0 Å². The van der Waals surface area contributed by atoms with Crippen LogP contribution in [0.1, 0.15) is 10.4 Å². The average Bonchev–Trinajstić information content (AvgIpc) is 2.73. The Morgan fingerprint density at radius 3 is 2.39 bits per heavy atom. The molecule has 0 saturated carbocycles. The zero-order valence-electron chi connectivity index (χ0n) is 15.2. The Labute approximate surface area is 162 Å². The summed E-state index contributed by atoms with van der Waals surface area (Å²) in [5, 5.41) is 5.50. The van der Waals surface area contributed by atoms with Gasteiger partial charge in [0.1, 0.15) is 0 Å². The number of amides is 2. The number of hydrogen-bond donors (Lipinski definition) is 2. The topological polar surface area (TPSA) is 89.5 Å². The number of nitrogens with one attached hydrogen (secondary N) is 2. The number of ether oxygens (including phenoxy) is 2. The fourth-order valence-corrected chi connectivity index (χ4v) is 2.45. The maximum absolute atomic E-state index is 12.2. The zero-order chi connectivity index (χ0) is 19.8. The van der Waals surface area contributed by atoms with Gasteiger partial charge in [0, 0.05) is 23.8 Å². The van der Waals surface area contributed by atoms with Gasteiger partial charge in [-0.15, -0.1) is 0 Å². The van der Waals surface area contributed by atoms with Crippen molar-refractivity contribution in [1.29, 1.82) is 0 Å². The lowest BCUT2D eigenvalue weighted by molar-refractivity contribution is -0.118. The molecule has 0 unspecified atom stereocenters. The Morgan fingerprint density at radius 1 is 0.929 bits per heavy atom. The molecule has 0 atom stereocenters. The first-order chi connectivity index (χ1) is 13.7. The van der Waals surface area contributed by atoms with Crippen molar-refractivity contribution < 1.29 is 19.1 Å². The molecule has 0 saturated heterocycles. The molecule has 2 amide bonds. The van der Waals surface area contributed by atoms with Crippen molar-refractivity contribution in [2.24, 2.45) is 0 Å². The molecule has 0 aliphatic carbocycles. The standard InChI is InChI=1S/C21H19N3O4/c1-27-18-9-2-3-10-19(18)28-14-20(25)23-16-7-4-8-17(12-16)24-21(26)15-6-5-11-22-13-15/h2-13H,14H2,1H3,(H,23,25)(H,24,26). The van der Waals surface area contributed by atoms with Crippen LogP contribution in [0.4, 0.5) is 11.4 Å². The van der Waals surface area contributed by atoms with E-state index >= 15 is 0 Å². The lowest BCUT2D eigenvalue weighted by Gasteiger charge is -2.11. The molecule has 0 radical (unpaired) electrons. The molecule has 1 aromatic heterocycles. The van der Waals surface area contributed by atoms with E-state index in [1.165, 1.54) is 13.3 Å². The molecule has 7 heteroatoms. The minimum Gasteiger partial charge on any atom is -0.493 e. The first-order valence-electron chi connectivity index (χ1n) is 8.53. The van der Waals surface area contributed by atoms with Crippen molar-refractivity contribution in [2.45, 2.75) is 0 Å². The lowest BCUT2D eigenvalue weighted by atomic mass is 10.2. The van der Waals surface area contributed by atoms with Crippen LogP contribution in [-0.2, 0) is 4.79 Å². The van der Waals surface area contributed by atoms with Gasteiger partial charge in [-0.1, -0.05) is 18.2 Å². The summed E-state index contributed by atoms with van der Waals surface area (Å²) in [5.41, 5.74) is 1.54. The molecule has 142 valence electrons. The Morgan fingerprint density at radius 2 is 1.68 bits per heavy atom. The second kappa shape index (κ2) is 9.18. The summed E-state index contributed by atoms with van der Waals surface area (Å²) in [4.78, 5) is 28.3. The maximum atomic E-state index is 12.2. The van der Waals surface area contributed by atoms with Gasteiger partial charge in [0.2, 0.25) is 0 Å². The molecule has 2 aromatic carbocycles. The molecule has 0 bridgehead atoms. The minimum atomic E-state index is -0.332. The molecule has 0 spiro atoms. The van der Waals surface area contributed by atoms with Crippen LogP contribution in [0.5, 0.6) is 11.5 Å². The normalized spacial score (nSPS) is 10.0. The highest BCUT2D eigenvalue weighted by molar-refractivity contribution is 6.04. The quantitative estimate of drug-likeness (QED) is 0.659. The van der Waals surface area contributed by atoms with Crippen LogP contribution in [0.25, 0.3) is 0 Å². The molecule has 3 rings (SSSR count). The summed E-state index contributed by atoms with van der Waals surface area (Å²) < 4.78 is 10.7. The number of pyridine rings is 1. The Kier molecular flexibility index (Phi) is 6.20. The number of carbonyl (C=O) groups excluding carboxylic acids is 2. The molecule has 2 N–H and O–H groups in total. The van der Waals surface area contributed by atoms with E-state index < -0.39 is 0 Å². The number of rotatable bonds is 7. The van der Waals surface area contributed by atoms with Crippen LogP contribution in [-0.4, -0.2) is 30.5 Å². The molecule has 1 heterocycles. The predicted molar refractivity (Wildman–Crippen MR) is 106 cm³/mol. The number of hydrogen-bond acceptors (Lipinski definition) is 5. The maximum Gasteiger partial charge on any atom is 0.262 e. The largest absolute Gasteiger partial charge is 0.493 e. The van der Waals surface area contributed by atoms with Crippen LogP contribution in [0.15, 0.2) is 73.1 Å². The highest BCUT2D eigenvalue weighted by Crippen LogP contribution is 2.25. The number of anilines is 2. The first-order valence-corrected chi connectivity index (χ1v) is 8.53. The van der Waals surface area contributed by atoms with Gasteiger partial charge in [0.25, 0.3) is 11.8 Å². The van der Waals surface area contributed by atoms with Crippen molar-refractivity contribution in [1.82, 2.24) is 4.98 Å². The van der Waals surface area contributed by atoms with E-state index in [1.807, 2.05) is 6.07 Å². The molecule has 3 aromatic rings. The van der Waals surface area contributed by atoms with Crippen molar-refractivity contribution in [2.75, 3.05) is 24.4 Å². The predicted octanol–water partition coefficient (Wildman–Crippen LogP) is 3.36. The fourth-order valence-electron chi connectivity index (χ4n) is 2.45. The number of methoxy groups -OCH3 is 1. The summed E-state index contributed by atoms with van der Waals surface area (Å²) in [6.07, 6.45) is 3.08. The summed E-state index contributed by atoms with van der Waals surface area (Å²) in [6, 6.07) is 17.3. The molecular weight excluding hydrogens is 358 g/mol. The number of aromatic nitrogens is 1. The molecule has 0 aliphatic rings. The van der Waals surface area contributed by atoms with Crippen LogP contribution in [0.3, 0.4) is 0 Å². The van der Waals surface area contributed by atoms with Crippen LogP contribution in [0.2, 0.25) is 0 Å². The van der Waals surface area contributed by atoms with E-state index in [4.69, 9.17) is 9.47 Å². The van der Waals surface area contributed by atoms with Gasteiger partial charge in [0.05, 0.1) is 12.7 Å². The zero-order valence-corrected chi connectivity index (χ0v) is 15.2. The second-order valence-electron chi connectivity index (χ2n) is 5.76. The van der Waals surface area contributed by atoms with E-state index in [1.54, 1.807) is 60.8 Å². The van der Waals surface area contributed by atoms with Crippen LogP contribution >= 0.6 is 0 Å². The van der Waals surface area contributed by atoms with Gasteiger partial charge in [-0.05, 0) is 42.5 Å². The van der Waals surface area contributed by atoms with Crippen LogP contribution in [0, 0.1) is 0 Å². The van der Waals surface area contributed by atoms with Crippen molar-refractivity contribution in [3.8, 4) is 11.5 Å². The summed E-state index contributed by atoms with van der Waals surface area (Å²) >= 11 is 0. The fraction of sp³-hybridized carbons (Fsp3) is 0.0952. The van der Waals surface area contributed by atoms with E-state index in [9.17, 15) is 9.59 Å². The van der Waals surface area contributed by atoms with E-state index in [0.29, 0.717) is 28.4 Å². The van der Waals surface area contributed by atoms with Crippen molar-refractivity contribution in [3.63, 3.8) is 0 Å². The Hall–Kier alpha value is -3.87. The SMILES string of the molecule is COc1ccccc1OCC(=O)Nc1cccc(NC(=O)c2cccnc2)c1. The van der Waals surface area contributed by atoms with Gasteiger partial charge in [-0.2, -0.15) is 0 Å². The van der Waals surface area contributed by atoms with E-state index in [-0.39, 0.29) is 18.4 Å². The highest BCUT2D eigenvalue weighted by Gasteiger charge is 2.09. The van der Waals surface area contributed by atoms with Crippen molar-refractivity contribution >= 4 is 23.2 Å². The molecule has 7 nitrogen and oxygen atoms in total. The number of benzene rings is 2. The molecule has 0 fully saturated rings. The molecular formula is C21H19N3O4. The third-order valence-electron chi connectivity index (χ3n) is 3.76. The van der Waals surface area contributed by atoms with Gasteiger partial charge in [0.15, 0.2) is 18.1 Å². The number of nitrogens with zero attached hydrogens (tertiary/aromatic N) is 1. The third-order valence-corrected chi connectivity index (χ3v) is 3.76.